The molecule has 2 aromatic rings. The van der Waals surface area contributed by atoms with Crippen molar-refractivity contribution in [1.29, 1.82) is 0 Å². The fourth-order valence-corrected chi connectivity index (χ4v) is 2.44. The van der Waals surface area contributed by atoms with E-state index in [-0.39, 0.29) is 5.91 Å². The molecule has 0 saturated carbocycles. The zero-order valence-corrected chi connectivity index (χ0v) is 12.9. The molecule has 2 rings (SSSR count). The number of carbonyl (C=O) groups is 1. The number of benzene rings is 2. The second-order valence-electron chi connectivity index (χ2n) is 5.33. The predicted octanol–water partition coefficient (Wildman–Crippen LogP) is 3.68. The Morgan fingerprint density at radius 1 is 1.00 bits per heavy atom. The topological polar surface area (TPSA) is 41.5 Å². The molecule has 0 fully saturated rings. The SMILES string of the molecule is Cc1cc(C)c(/C=N/NC(=O)c2ccccc2C)c(C)c1. The lowest BCUT2D eigenvalue weighted by molar-refractivity contribution is 0.0954. The van der Waals surface area contributed by atoms with E-state index in [1.807, 2.05) is 39.0 Å². The van der Waals surface area contributed by atoms with Gasteiger partial charge in [-0.25, -0.2) is 5.43 Å². The zero-order chi connectivity index (χ0) is 15.4. The van der Waals surface area contributed by atoms with Crippen LogP contribution in [0.4, 0.5) is 0 Å². The fourth-order valence-electron chi connectivity index (χ4n) is 2.44. The van der Waals surface area contributed by atoms with E-state index in [4.69, 9.17) is 0 Å². The molecule has 21 heavy (non-hydrogen) atoms. The Labute approximate surface area is 125 Å². The van der Waals surface area contributed by atoms with Crippen molar-refractivity contribution in [3.05, 3.63) is 69.8 Å². The fraction of sp³-hybridized carbons (Fsp3) is 0.222. The van der Waals surface area contributed by atoms with Crippen molar-refractivity contribution in [1.82, 2.24) is 5.43 Å². The van der Waals surface area contributed by atoms with E-state index in [0.717, 1.165) is 22.3 Å². The second kappa shape index (κ2) is 6.35. The highest BCUT2D eigenvalue weighted by Gasteiger charge is 2.06. The molecule has 0 aliphatic rings. The van der Waals surface area contributed by atoms with E-state index < -0.39 is 0 Å². The molecule has 0 bridgehead atoms. The molecule has 0 heterocycles. The summed E-state index contributed by atoms with van der Waals surface area (Å²) in [6, 6.07) is 11.7. The number of hydrogen-bond acceptors (Lipinski definition) is 2. The lowest BCUT2D eigenvalue weighted by Crippen LogP contribution is -2.18. The minimum absolute atomic E-state index is 0.188. The lowest BCUT2D eigenvalue weighted by Gasteiger charge is -2.07. The molecule has 0 saturated heterocycles. The van der Waals surface area contributed by atoms with Crippen molar-refractivity contribution in [3.8, 4) is 0 Å². The lowest BCUT2D eigenvalue weighted by atomic mass is 10.0. The van der Waals surface area contributed by atoms with E-state index in [1.54, 1.807) is 12.3 Å². The minimum atomic E-state index is -0.188. The monoisotopic (exact) mass is 280 g/mol. The van der Waals surface area contributed by atoms with Crippen molar-refractivity contribution in [2.75, 3.05) is 0 Å². The summed E-state index contributed by atoms with van der Waals surface area (Å²) >= 11 is 0. The minimum Gasteiger partial charge on any atom is -0.267 e. The summed E-state index contributed by atoms with van der Waals surface area (Å²) in [6.07, 6.45) is 1.71. The molecule has 108 valence electrons. The van der Waals surface area contributed by atoms with Gasteiger partial charge in [0.15, 0.2) is 0 Å². The molecule has 0 spiro atoms. The molecule has 0 unspecified atom stereocenters. The molecule has 0 atom stereocenters. The van der Waals surface area contributed by atoms with E-state index in [9.17, 15) is 4.79 Å². The zero-order valence-electron chi connectivity index (χ0n) is 12.9. The number of rotatable bonds is 3. The summed E-state index contributed by atoms with van der Waals surface area (Å²) in [6.45, 7) is 8.07. The molecule has 0 radical (unpaired) electrons. The van der Waals surface area contributed by atoms with Gasteiger partial charge in [0.05, 0.1) is 6.21 Å². The van der Waals surface area contributed by atoms with Crippen LogP contribution in [-0.2, 0) is 0 Å². The number of nitrogens with zero attached hydrogens (tertiary/aromatic N) is 1. The van der Waals surface area contributed by atoms with Gasteiger partial charge in [0.1, 0.15) is 0 Å². The molecule has 0 aliphatic heterocycles. The molecule has 0 aromatic heterocycles. The third-order valence-electron chi connectivity index (χ3n) is 3.49. The van der Waals surface area contributed by atoms with Gasteiger partial charge in [-0.05, 0) is 50.5 Å². The third-order valence-corrected chi connectivity index (χ3v) is 3.49. The molecular weight excluding hydrogens is 260 g/mol. The van der Waals surface area contributed by atoms with E-state index in [0.29, 0.717) is 5.56 Å². The molecular formula is C18H20N2O. The highest BCUT2D eigenvalue weighted by Crippen LogP contribution is 2.14. The molecule has 1 N–H and O–H groups in total. The first-order chi connectivity index (χ1) is 9.99. The van der Waals surface area contributed by atoms with Crippen molar-refractivity contribution >= 4 is 12.1 Å². The van der Waals surface area contributed by atoms with Crippen LogP contribution >= 0.6 is 0 Å². The normalized spacial score (nSPS) is 10.9. The van der Waals surface area contributed by atoms with Crippen LogP contribution in [0.3, 0.4) is 0 Å². The van der Waals surface area contributed by atoms with Crippen molar-refractivity contribution in [2.45, 2.75) is 27.7 Å². The van der Waals surface area contributed by atoms with Gasteiger partial charge in [0.25, 0.3) is 5.91 Å². The number of hydrogen-bond donors (Lipinski definition) is 1. The largest absolute Gasteiger partial charge is 0.271 e. The maximum Gasteiger partial charge on any atom is 0.271 e. The summed E-state index contributed by atoms with van der Waals surface area (Å²) in [4.78, 5) is 12.1. The summed E-state index contributed by atoms with van der Waals surface area (Å²) < 4.78 is 0. The number of hydrazone groups is 1. The Balaban J connectivity index is 2.13. The maximum absolute atomic E-state index is 12.1. The summed E-state index contributed by atoms with van der Waals surface area (Å²) in [5.74, 6) is -0.188. The summed E-state index contributed by atoms with van der Waals surface area (Å²) in [5, 5.41) is 4.09. The number of carbonyl (C=O) groups excluding carboxylic acids is 1. The molecule has 3 nitrogen and oxygen atoms in total. The van der Waals surface area contributed by atoms with Crippen LogP contribution in [0.5, 0.6) is 0 Å². The van der Waals surface area contributed by atoms with Gasteiger partial charge in [0, 0.05) is 11.1 Å². The van der Waals surface area contributed by atoms with Crippen LogP contribution in [0.2, 0.25) is 0 Å². The maximum atomic E-state index is 12.1. The highest BCUT2D eigenvalue weighted by atomic mass is 16.2. The summed E-state index contributed by atoms with van der Waals surface area (Å²) in [5.41, 5.74) is 8.75. The molecule has 1 amide bonds. The quantitative estimate of drug-likeness (QED) is 0.676. The Hall–Kier alpha value is -2.42. The van der Waals surface area contributed by atoms with Crippen molar-refractivity contribution < 1.29 is 4.79 Å². The number of aryl methyl sites for hydroxylation is 4. The van der Waals surface area contributed by atoms with Crippen LogP contribution in [0, 0.1) is 27.7 Å². The van der Waals surface area contributed by atoms with E-state index >= 15 is 0 Å². The van der Waals surface area contributed by atoms with Crippen LogP contribution in [0.15, 0.2) is 41.5 Å². The van der Waals surface area contributed by atoms with Crippen LogP contribution in [0.1, 0.15) is 38.2 Å². The smallest absolute Gasteiger partial charge is 0.267 e. The van der Waals surface area contributed by atoms with Crippen molar-refractivity contribution in [2.24, 2.45) is 5.10 Å². The Morgan fingerprint density at radius 3 is 2.24 bits per heavy atom. The van der Waals surface area contributed by atoms with Gasteiger partial charge < -0.3 is 0 Å². The van der Waals surface area contributed by atoms with Gasteiger partial charge in [-0.15, -0.1) is 0 Å². The average Bonchev–Trinajstić information content (AvgIpc) is 2.42. The first kappa shape index (κ1) is 15.0. The standard InChI is InChI=1S/C18H20N2O/c1-12-9-14(3)17(15(4)10-12)11-19-20-18(21)16-8-6-5-7-13(16)2/h5-11H,1-4H3,(H,20,21)/b19-11+. The first-order valence-corrected chi connectivity index (χ1v) is 6.96. The van der Waals surface area contributed by atoms with Gasteiger partial charge in [0.2, 0.25) is 0 Å². The van der Waals surface area contributed by atoms with Crippen molar-refractivity contribution in [3.63, 3.8) is 0 Å². The first-order valence-electron chi connectivity index (χ1n) is 6.96. The van der Waals surface area contributed by atoms with Gasteiger partial charge in [-0.3, -0.25) is 4.79 Å². The predicted molar refractivity (Wildman–Crippen MR) is 86.9 cm³/mol. The molecule has 0 aliphatic carbocycles. The summed E-state index contributed by atoms with van der Waals surface area (Å²) in [7, 11) is 0. The van der Waals surface area contributed by atoms with Gasteiger partial charge in [-0.2, -0.15) is 5.10 Å². The highest BCUT2D eigenvalue weighted by molar-refractivity contribution is 5.96. The number of amides is 1. The Kier molecular flexibility index (Phi) is 4.53. The van der Waals surface area contributed by atoms with E-state index in [1.165, 1.54) is 5.56 Å². The Bertz CT molecular complexity index is 679. The average molecular weight is 280 g/mol. The number of nitrogens with one attached hydrogen (secondary N) is 1. The van der Waals surface area contributed by atoms with Crippen LogP contribution < -0.4 is 5.43 Å². The Morgan fingerprint density at radius 2 is 1.62 bits per heavy atom. The van der Waals surface area contributed by atoms with E-state index in [2.05, 4.69) is 29.6 Å². The third kappa shape index (κ3) is 3.57. The van der Waals surface area contributed by atoms with Crippen LogP contribution in [0.25, 0.3) is 0 Å². The second-order valence-corrected chi connectivity index (χ2v) is 5.33. The molecule has 2 aromatic carbocycles. The van der Waals surface area contributed by atoms with Gasteiger partial charge in [-0.1, -0.05) is 35.9 Å². The molecule has 3 heteroatoms. The van der Waals surface area contributed by atoms with Crippen LogP contribution in [-0.4, -0.2) is 12.1 Å². The van der Waals surface area contributed by atoms with Gasteiger partial charge >= 0.3 is 0 Å².